The van der Waals surface area contributed by atoms with E-state index in [1.807, 2.05) is 36.4 Å². The van der Waals surface area contributed by atoms with Crippen molar-refractivity contribution in [3.05, 3.63) is 75.7 Å². The minimum absolute atomic E-state index is 0.136. The summed E-state index contributed by atoms with van der Waals surface area (Å²) in [6, 6.07) is 14.4. The number of ether oxygens (including phenoxy) is 1. The van der Waals surface area contributed by atoms with Crippen molar-refractivity contribution in [1.29, 1.82) is 0 Å². The SMILES string of the molecule is COc1ccccc1CNC(=O)CC1CSc2nc3c(cnn3-c3ccc(Cl)cc3)c(=O)n21. The Labute approximate surface area is 198 Å². The smallest absolute Gasteiger partial charge is 0.265 e. The summed E-state index contributed by atoms with van der Waals surface area (Å²) in [7, 11) is 1.60. The molecule has 0 bridgehead atoms. The Bertz CT molecular complexity index is 1400. The van der Waals surface area contributed by atoms with Crippen molar-refractivity contribution in [1.82, 2.24) is 24.6 Å². The number of methoxy groups -OCH3 is 1. The maximum Gasteiger partial charge on any atom is 0.265 e. The molecule has 1 aliphatic rings. The lowest BCUT2D eigenvalue weighted by Crippen LogP contribution is -2.30. The number of amides is 1. The summed E-state index contributed by atoms with van der Waals surface area (Å²) >= 11 is 7.45. The molecule has 0 aliphatic carbocycles. The molecule has 168 valence electrons. The van der Waals surface area contributed by atoms with E-state index in [0.717, 1.165) is 17.0 Å². The third-order valence-electron chi connectivity index (χ3n) is 5.53. The number of hydrogen-bond donors (Lipinski definition) is 1. The Kier molecular flexibility index (Phi) is 5.82. The molecule has 0 saturated carbocycles. The maximum absolute atomic E-state index is 13.3. The van der Waals surface area contributed by atoms with Crippen molar-refractivity contribution >= 4 is 40.3 Å². The van der Waals surface area contributed by atoms with Gasteiger partial charge in [-0.05, 0) is 30.3 Å². The molecule has 10 heteroatoms. The van der Waals surface area contributed by atoms with E-state index in [0.29, 0.717) is 33.5 Å². The number of nitrogens with one attached hydrogen (secondary N) is 1. The van der Waals surface area contributed by atoms with Crippen molar-refractivity contribution in [2.24, 2.45) is 0 Å². The highest BCUT2D eigenvalue weighted by Crippen LogP contribution is 2.33. The second-order valence-corrected chi connectivity index (χ2v) is 9.02. The first-order valence-electron chi connectivity index (χ1n) is 10.3. The van der Waals surface area contributed by atoms with Crippen LogP contribution in [0.3, 0.4) is 0 Å². The van der Waals surface area contributed by atoms with Gasteiger partial charge in [0.2, 0.25) is 5.91 Å². The molecule has 4 aromatic rings. The fraction of sp³-hybridized carbons (Fsp3) is 0.217. The van der Waals surface area contributed by atoms with Crippen LogP contribution in [0.25, 0.3) is 16.7 Å². The number of fused-ring (bicyclic) bond motifs is 2. The fourth-order valence-corrected chi connectivity index (χ4v) is 5.14. The Morgan fingerprint density at radius 3 is 2.82 bits per heavy atom. The van der Waals surface area contributed by atoms with E-state index in [1.165, 1.54) is 18.0 Å². The summed E-state index contributed by atoms with van der Waals surface area (Å²) in [5.74, 6) is 1.19. The number of thioether (sulfide) groups is 1. The van der Waals surface area contributed by atoms with Crippen LogP contribution < -0.4 is 15.6 Å². The molecule has 1 aliphatic heterocycles. The molecule has 8 nitrogen and oxygen atoms in total. The first kappa shape index (κ1) is 21.5. The quantitative estimate of drug-likeness (QED) is 0.423. The normalized spacial score (nSPS) is 14.9. The lowest BCUT2D eigenvalue weighted by atomic mass is 10.2. The van der Waals surface area contributed by atoms with E-state index in [4.69, 9.17) is 21.3 Å². The summed E-state index contributed by atoms with van der Waals surface area (Å²) in [4.78, 5) is 30.6. The number of benzene rings is 2. The zero-order valence-corrected chi connectivity index (χ0v) is 19.3. The van der Waals surface area contributed by atoms with Crippen LogP contribution in [0.4, 0.5) is 0 Å². The highest BCUT2D eigenvalue weighted by Gasteiger charge is 2.29. The van der Waals surface area contributed by atoms with E-state index in [2.05, 4.69) is 10.4 Å². The predicted octanol–water partition coefficient (Wildman–Crippen LogP) is 3.60. The van der Waals surface area contributed by atoms with Gasteiger partial charge in [-0.3, -0.25) is 14.2 Å². The average molecular weight is 482 g/mol. The molecule has 1 N–H and O–H groups in total. The number of nitrogens with zero attached hydrogens (tertiary/aromatic N) is 4. The molecule has 0 radical (unpaired) electrons. The van der Waals surface area contributed by atoms with Gasteiger partial charge in [-0.2, -0.15) is 5.10 Å². The summed E-state index contributed by atoms with van der Waals surface area (Å²) in [6.07, 6.45) is 1.71. The second-order valence-electron chi connectivity index (χ2n) is 7.60. The summed E-state index contributed by atoms with van der Waals surface area (Å²) < 4.78 is 8.57. The summed E-state index contributed by atoms with van der Waals surface area (Å²) in [6.45, 7) is 0.357. The minimum atomic E-state index is -0.272. The van der Waals surface area contributed by atoms with Crippen molar-refractivity contribution in [2.75, 3.05) is 12.9 Å². The highest BCUT2D eigenvalue weighted by atomic mass is 35.5. The third kappa shape index (κ3) is 4.09. The minimum Gasteiger partial charge on any atom is -0.496 e. The topological polar surface area (TPSA) is 91.0 Å². The molecule has 33 heavy (non-hydrogen) atoms. The van der Waals surface area contributed by atoms with Gasteiger partial charge in [-0.15, -0.1) is 0 Å². The van der Waals surface area contributed by atoms with Crippen LogP contribution in [0, 0.1) is 0 Å². The zero-order chi connectivity index (χ0) is 22.9. The molecule has 5 rings (SSSR count). The van der Waals surface area contributed by atoms with E-state index in [9.17, 15) is 9.59 Å². The Balaban J connectivity index is 1.37. The number of para-hydroxylation sites is 1. The van der Waals surface area contributed by atoms with Crippen LogP contribution in [-0.4, -0.2) is 38.1 Å². The number of rotatable bonds is 6. The van der Waals surface area contributed by atoms with Crippen LogP contribution in [0.2, 0.25) is 5.02 Å². The van der Waals surface area contributed by atoms with E-state index < -0.39 is 0 Å². The fourth-order valence-electron chi connectivity index (χ4n) is 3.88. The van der Waals surface area contributed by atoms with Gasteiger partial charge in [0.15, 0.2) is 10.8 Å². The number of carbonyl (C=O) groups is 1. The standard InChI is InChI=1S/C23H20ClN5O3S/c1-32-19-5-3-2-4-14(19)11-25-20(30)10-17-13-33-23-27-21-18(22(31)28(17)23)12-26-29(21)16-8-6-15(24)7-9-16/h2-9,12,17H,10-11,13H2,1H3,(H,25,30). The summed E-state index contributed by atoms with van der Waals surface area (Å²) in [5.41, 5.74) is 1.95. The van der Waals surface area contributed by atoms with E-state index in [1.54, 1.807) is 28.5 Å². The van der Waals surface area contributed by atoms with Crippen molar-refractivity contribution < 1.29 is 9.53 Å². The van der Waals surface area contributed by atoms with Crippen LogP contribution in [0.1, 0.15) is 18.0 Å². The second kappa shape index (κ2) is 8.92. The van der Waals surface area contributed by atoms with Gasteiger partial charge < -0.3 is 10.1 Å². The van der Waals surface area contributed by atoms with Gasteiger partial charge in [0, 0.05) is 29.3 Å². The molecule has 0 spiro atoms. The Morgan fingerprint density at radius 2 is 2.03 bits per heavy atom. The molecule has 2 aromatic carbocycles. The van der Waals surface area contributed by atoms with Gasteiger partial charge in [0.05, 0.1) is 25.0 Å². The van der Waals surface area contributed by atoms with Gasteiger partial charge in [0.25, 0.3) is 5.56 Å². The van der Waals surface area contributed by atoms with Crippen molar-refractivity contribution in [3.63, 3.8) is 0 Å². The van der Waals surface area contributed by atoms with Crippen LogP contribution in [0.5, 0.6) is 5.75 Å². The summed E-state index contributed by atoms with van der Waals surface area (Å²) in [5, 5.41) is 8.90. The van der Waals surface area contributed by atoms with Crippen molar-refractivity contribution in [3.8, 4) is 11.4 Å². The Morgan fingerprint density at radius 1 is 1.24 bits per heavy atom. The first-order valence-corrected chi connectivity index (χ1v) is 11.7. The largest absolute Gasteiger partial charge is 0.496 e. The number of aromatic nitrogens is 4. The third-order valence-corrected chi connectivity index (χ3v) is 6.88. The molecule has 0 saturated heterocycles. The van der Waals surface area contributed by atoms with Gasteiger partial charge in [-0.1, -0.05) is 41.6 Å². The average Bonchev–Trinajstić information content (AvgIpc) is 3.43. The molecule has 2 aromatic heterocycles. The molecule has 1 atom stereocenters. The number of carbonyl (C=O) groups excluding carboxylic acids is 1. The molecule has 3 heterocycles. The molecular formula is C23H20ClN5O3S. The monoisotopic (exact) mass is 481 g/mol. The van der Waals surface area contributed by atoms with E-state index >= 15 is 0 Å². The predicted molar refractivity (Wildman–Crippen MR) is 127 cm³/mol. The van der Waals surface area contributed by atoms with E-state index in [-0.39, 0.29) is 23.9 Å². The van der Waals surface area contributed by atoms with Crippen LogP contribution >= 0.6 is 23.4 Å². The molecule has 0 fully saturated rings. The molecular weight excluding hydrogens is 462 g/mol. The van der Waals surface area contributed by atoms with Crippen molar-refractivity contribution in [2.45, 2.75) is 24.2 Å². The van der Waals surface area contributed by atoms with Crippen LogP contribution in [0.15, 0.2) is 64.7 Å². The molecule has 1 unspecified atom stereocenters. The lowest BCUT2D eigenvalue weighted by Gasteiger charge is -2.14. The number of hydrogen-bond acceptors (Lipinski definition) is 6. The first-order chi connectivity index (χ1) is 16.0. The lowest BCUT2D eigenvalue weighted by molar-refractivity contribution is -0.121. The van der Waals surface area contributed by atoms with Gasteiger partial charge in [0.1, 0.15) is 11.1 Å². The molecule has 1 amide bonds. The van der Waals surface area contributed by atoms with Crippen LogP contribution in [-0.2, 0) is 11.3 Å². The van der Waals surface area contributed by atoms with Gasteiger partial charge >= 0.3 is 0 Å². The van der Waals surface area contributed by atoms with Gasteiger partial charge in [-0.25, -0.2) is 9.67 Å². The highest BCUT2D eigenvalue weighted by molar-refractivity contribution is 7.99. The number of halogens is 1. The maximum atomic E-state index is 13.3. The Hall–Kier alpha value is -3.30. The zero-order valence-electron chi connectivity index (χ0n) is 17.7.